The maximum absolute atomic E-state index is 10.2. The SMILES string of the molecule is COc1ccc(COc2cc3c(cc2OC)CCN2Cc4c(c5cc(OC)ccc5n4CO)CC32)cc1. The van der Waals surface area contributed by atoms with Crippen LogP contribution >= 0.6 is 0 Å². The Balaban J connectivity index is 1.35. The van der Waals surface area contributed by atoms with Crippen molar-refractivity contribution in [3.8, 4) is 23.0 Å². The lowest BCUT2D eigenvalue weighted by molar-refractivity contribution is 0.145. The zero-order valence-electron chi connectivity index (χ0n) is 21.5. The van der Waals surface area contributed by atoms with Gasteiger partial charge in [-0.3, -0.25) is 4.90 Å². The molecule has 7 nitrogen and oxygen atoms in total. The van der Waals surface area contributed by atoms with E-state index in [0.29, 0.717) is 6.61 Å². The van der Waals surface area contributed by atoms with Crippen LogP contribution in [0.1, 0.15) is 34.0 Å². The Kier molecular flexibility index (Phi) is 6.18. The minimum Gasteiger partial charge on any atom is -0.497 e. The zero-order chi connectivity index (χ0) is 25.5. The molecule has 0 radical (unpaired) electrons. The van der Waals surface area contributed by atoms with E-state index in [1.807, 2.05) is 41.0 Å². The lowest BCUT2D eigenvalue weighted by Crippen LogP contribution is -2.39. The number of hydrogen-bond acceptors (Lipinski definition) is 6. The Morgan fingerprint density at radius 1 is 0.892 bits per heavy atom. The maximum Gasteiger partial charge on any atom is 0.162 e. The molecule has 1 unspecified atom stereocenters. The molecular formula is C30H32N2O5. The summed E-state index contributed by atoms with van der Waals surface area (Å²) in [7, 11) is 5.05. The minimum absolute atomic E-state index is 0.0339. The molecule has 1 aromatic heterocycles. The molecule has 0 aliphatic carbocycles. The third-order valence-electron chi connectivity index (χ3n) is 7.83. The van der Waals surface area contributed by atoms with Crippen molar-refractivity contribution in [1.82, 2.24) is 9.47 Å². The van der Waals surface area contributed by atoms with Gasteiger partial charge in [-0.2, -0.15) is 0 Å². The quantitative estimate of drug-likeness (QED) is 0.391. The third kappa shape index (κ3) is 4.08. The molecule has 37 heavy (non-hydrogen) atoms. The van der Waals surface area contributed by atoms with E-state index in [2.05, 4.69) is 23.1 Å². The molecule has 3 heterocycles. The molecule has 2 aliphatic heterocycles. The van der Waals surface area contributed by atoms with Gasteiger partial charge in [-0.15, -0.1) is 0 Å². The van der Waals surface area contributed by atoms with Gasteiger partial charge in [-0.1, -0.05) is 12.1 Å². The summed E-state index contributed by atoms with van der Waals surface area (Å²) < 4.78 is 24.8. The summed E-state index contributed by atoms with van der Waals surface area (Å²) in [6.45, 7) is 2.17. The molecule has 6 rings (SSSR count). The Labute approximate surface area is 216 Å². The molecule has 0 bridgehead atoms. The Hall–Kier alpha value is -3.68. The van der Waals surface area contributed by atoms with Crippen molar-refractivity contribution in [3.05, 3.63) is 82.5 Å². The second kappa shape index (κ2) is 9.65. The number of benzene rings is 3. The van der Waals surface area contributed by atoms with Crippen LogP contribution in [0.4, 0.5) is 0 Å². The van der Waals surface area contributed by atoms with Gasteiger partial charge in [0.15, 0.2) is 11.5 Å². The average molecular weight is 501 g/mol. The summed E-state index contributed by atoms with van der Waals surface area (Å²) in [6, 6.07) is 18.6. The van der Waals surface area contributed by atoms with Gasteiger partial charge in [0.1, 0.15) is 24.8 Å². The van der Waals surface area contributed by atoms with Gasteiger partial charge >= 0.3 is 0 Å². The van der Waals surface area contributed by atoms with Gasteiger partial charge in [-0.05, 0) is 77.6 Å². The first-order chi connectivity index (χ1) is 18.1. The number of aromatic nitrogens is 1. The number of hydrogen-bond donors (Lipinski definition) is 1. The highest BCUT2D eigenvalue weighted by atomic mass is 16.5. The standard InChI is InChI=1S/C30H32N2O5/c1-34-21-6-4-19(5-7-21)17-37-30-15-23-20(12-29(30)36-3)10-11-31-16-28-25(14-27(23)31)24-13-22(35-2)8-9-26(24)32(28)18-33/h4-9,12-13,15,27,33H,10-11,14,16-18H2,1-3H3. The molecule has 192 valence electrons. The summed E-state index contributed by atoms with van der Waals surface area (Å²) >= 11 is 0. The van der Waals surface area contributed by atoms with E-state index in [-0.39, 0.29) is 12.8 Å². The average Bonchev–Trinajstić information content (AvgIpc) is 3.26. The van der Waals surface area contributed by atoms with Crippen molar-refractivity contribution >= 4 is 10.9 Å². The van der Waals surface area contributed by atoms with Crippen LogP contribution in [0.3, 0.4) is 0 Å². The first-order valence-corrected chi connectivity index (χ1v) is 12.6. The summed E-state index contributed by atoms with van der Waals surface area (Å²) in [6.07, 6.45) is 1.81. The van der Waals surface area contributed by atoms with E-state index in [9.17, 15) is 5.11 Å². The predicted octanol–water partition coefficient (Wildman–Crippen LogP) is 4.85. The predicted molar refractivity (Wildman–Crippen MR) is 142 cm³/mol. The zero-order valence-corrected chi connectivity index (χ0v) is 21.5. The Morgan fingerprint density at radius 2 is 1.68 bits per heavy atom. The molecule has 3 aromatic carbocycles. The number of aliphatic hydroxyl groups excluding tert-OH is 1. The van der Waals surface area contributed by atoms with Crippen LogP contribution in [0.2, 0.25) is 0 Å². The Bertz CT molecular complexity index is 1440. The van der Waals surface area contributed by atoms with Crippen molar-refractivity contribution in [2.75, 3.05) is 27.9 Å². The van der Waals surface area contributed by atoms with Crippen LogP contribution in [0.25, 0.3) is 10.9 Å². The summed E-state index contributed by atoms with van der Waals surface area (Å²) in [4.78, 5) is 2.52. The van der Waals surface area contributed by atoms with E-state index >= 15 is 0 Å². The lowest BCUT2D eigenvalue weighted by Gasteiger charge is -2.41. The smallest absolute Gasteiger partial charge is 0.162 e. The minimum atomic E-state index is -0.0339. The van der Waals surface area contributed by atoms with Crippen molar-refractivity contribution in [1.29, 1.82) is 0 Å². The molecular weight excluding hydrogens is 468 g/mol. The molecule has 1 atom stereocenters. The monoisotopic (exact) mass is 500 g/mol. The van der Waals surface area contributed by atoms with E-state index in [0.717, 1.165) is 65.4 Å². The van der Waals surface area contributed by atoms with Gasteiger partial charge in [-0.25, -0.2) is 0 Å². The molecule has 0 spiro atoms. The first kappa shape index (κ1) is 23.7. The first-order valence-electron chi connectivity index (χ1n) is 12.6. The molecule has 0 saturated carbocycles. The van der Waals surface area contributed by atoms with Crippen molar-refractivity contribution in [2.24, 2.45) is 0 Å². The number of methoxy groups -OCH3 is 3. The highest BCUT2D eigenvalue weighted by Crippen LogP contribution is 2.45. The van der Waals surface area contributed by atoms with Crippen molar-refractivity contribution in [2.45, 2.75) is 38.8 Å². The normalized spacial score (nSPS) is 16.6. The molecule has 7 heteroatoms. The molecule has 0 saturated heterocycles. The van der Waals surface area contributed by atoms with Gasteiger partial charge in [0.2, 0.25) is 0 Å². The van der Waals surface area contributed by atoms with Crippen LogP contribution in [0.15, 0.2) is 54.6 Å². The molecule has 2 aliphatic rings. The van der Waals surface area contributed by atoms with Crippen LogP contribution in [0.5, 0.6) is 23.0 Å². The number of ether oxygens (including phenoxy) is 4. The van der Waals surface area contributed by atoms with Crippen molar-refractivity contribution in [3.63, 3.8) is 0 Å². The van der Waals surface area contributed by atoms with Crippen LogP contribution < -0.4 is 18.9 Å². The topological polar surface area (TPSA) is 65.3 Å². The van der Waals surface area contributed by atoms with Gasteiger partial charge in [0.05, 0.1) is 26.8 Å². The van der Waals surface area contributed by atoms with E-state index < -0.39 is 0 Å². The third-order valence-corrected chi connectivity index (χ3v) is 7.83. The van der Waals surface area contributed by atoms with Crippen LogP contribution in [0, 0.1) is 0 Å². The van der Waals surface area contributed by atoms with Gasteiger partial charge < -0.3 is 28.6 Å². The molecule has 0 amide bonds. The van der Waals surface area contributed by atoms with Crippen LogP contribution in [-0.4, -0.2) is 42.4 Å². The number of aliphatic hydroxyl groups is 1. The van der Waals surface area contributed by atoms with Crippen molar-refractivity contribution < 1.29 is 24.1 Å². The summed E-state index contributed by atoms with van der Waals surface area (Å²) in [5.74, 6) is 3.17. The fourth-order valence-electron chi connectivity index (χ4n) is 5.88. The van der Waals surface area contributed by atoms with E-state index in [1.54, 1.807) is 21.3 Å². The maximum atomic E-state index is 10.2. The number of rotatable bonds is 7. The summed E-state index contributed by atoms with van der Waals surface area (Å²) in [5, 5.41) is 11.4. The summed E-state index contributed by atoms with van der Waals surface area (Å²) in [5.41, 5.74) is 7.18. The van der Waals surface area contributed by atoms with Crippen LogP contribution in [-0.2, 0) is 32.7 Å². The number of fused-ring (bicyclic) bond motifs is 6. The lowest BCUT2D eigenvalue weighted by atomic mass is 9.85. The van der Waals surface area contributed by atoms with E-state index in [4.69, 9.17) is 18.9 Å². The van der Waals surface area contributed by atoms with E-state index in [1.165, 1.54) is 22.4 Å². The molecule has 1 N–H and O–H groups in total. The fraction of sp³-hybridized carbons (Fsp3) is 0.333. The highest BCUT2D eigenvalue weighted by molar-refractivity contribution is 5.87. The van der Waals surface area contributed by atoms with Gasteiger partial charge in [0.25, 0.3) is 0 Å². The van der Waals surface area contributed by atoms with Gasteiger partial charge in [0, 0.05) is 30.2 Å². The Morgan fingerprint density at radius 3 is 2.41 bits per heavy atom. The molecule has 4 aromatic rings. The fourth-order valence-corrected chi connectivity index (χ4v) is 5.88. The molecule has 0 fully saturated rings. The second-order valence-electron chi connectivity index (χ2n) is 9.66. The second-order valence-corrected chi connectivity index (χ2v) is 9.66. The highest BCUT2D eigenvalue weighted by Gasteiger charge is 2.36. The largest absolute Gasteiger partial charge is 0.497 e. The number of nitrogens with zero attached hydrogens (tertiary/aromatic N) is 2.